The van der Waals surface area contributed by atoms with Gasteiger partial charge in [-0.3, -0.25) is 4.79 Å². The molecule has 0 atom stereocenters. The molecule has 0 N–H and O–H groups in total. The van der Waals surface area contributed by atoms with Crippen LogP contribution in [-0.4, -0.2) is 31.8 Å². The molecule has 0 aliphatic rings. The smallest absolute Gasteiger partial charge is 0.330 e. The molecular formula is C19H26O5. The number of rotatable bonds is 9. The van der Waals surface area contributed by atoms with Gasteiger partial charge in [-0.25, -0.2) is 4.79 Å². The van der Waals surface area contributed by atoms with E-state index in [0.29, 0.717) is 13.0 Å². The fourth-order valence-corrected chi connectivity index (χ4v) is 1.67. The molecule has 5 heteroatoms. The molecule has 1 aromatic rings. The van der Waals surface area contributed by atoms with Crippen LogP contribution in [-0.2, 0) is 19.1 Å². The summed E-state index contributed by atoms with van der Waals surface area (Å²) in [6.07, 6.45) is 3.69. The van der Waals surface area contributed by atoms with Crippen molar-refractivity contribution in [2.24, 2.45) is 5.41 Å². The number of benzene rings is 1. The van der Waals surface area contributed by atoms with E-state index in [-0.39, 0.29) is 19.2 Å². The Morgan fingerprint density at radius 1 is 1.04 bits per heavy atom. The lowest BCUT2D eigenvalue weighted by atomic mass is 9.91. The summed E-state index contributed by atoms with van der Waals surface area (Å²) in [6, 6.07) is 7.37. The van der Waals surface area contributed by atoms with Crippen LogP contribution in [0.1, 0.15) is 39.7 Å². The van der Waals surface area contributed by atoms with Crippen molar-refractivity contribution in [3.63, 3.8) is 0 Å². The van der Waals surface area contributed by atoms with Crippen LogP contribution in [0.3, 0.4) is 0 Å². The number of ether oxygens (including phenoxy) is 3. The van der Waals surface area contributed by atoms with Gasteiger partial charge in [0, 0.05) is 6.08 Å². The number of carbonyl (C=O) groups excluding carboxylic acids is 2. The third-order valence-electron chi connectivity index (χ3n) is 3.60. The summed E-state index contributed by atoms with van der Waals surface area (Å²) in [5.74, 6) is 0.0229. The summed E-state index contributed by atoms with van der Waals surface area (Å²) >= 11 is 0. The zero-order valence-electron chi connectivity index (χ0n) is 14.8. The van der Waals surface area contributed by atoms with Crippen molar-refractivity contribution in [3.05, 3.63) is 35.9 Å². The monoisotopic (exact) mass is 334 g/mol. The van der Waals surface area contributed by atoms with Crippen molar-refractivity contribution >= 4 is 18.0 Å². The summed E-state index contributed by atoms with van der Waals surface area (Å²) in [5, 5.41) is 0. The molecule has 5 nitrogen and oxygen atoms in total. The number of esters is 2. The molecule has 0 fully saturated rings. The molecule has 132 valence electrons. The lowest BCUT2D eigenvalue weighted by molar-refractivity contribution is -0.157. The number of carbonyl (C=O) groups is 2. The lowest BCUT2D eigenvalue weighted by Crippen LogP contribution is -2.27. The Kier molecular flexibility index (Phi) is 8.02. The van der Waals surface area contributed by atoms with E-state index < -0.39 is 11.4 Å². The summed E-state index contributed by atoms with van der Waals surface area (Å²) < 4.78 is 15.4. The number of hydrogen-bond donors (Lipinski definition) is 0. The molecule has 1 rings (SSSR count). The first-order valence-corrected chi connectivity index (χ1v) is 8.14. The molecule has 0 aliphatic heterocycles. The maximum Gasteiger partial charge on any atom is 0.330 e. The van der Waals surface area contributed by atoms with Crippen LogP contribution in [0.5, 0.6) is 5.75 Å². The first-order chi connectivity index (χ1) is 11.4. The van der Waals surface area contributed by atoms with Crippen molar-refractivity contribution in [3.8, 4) is 5.75 Å². The fourth-order valence-electron chi connectivity index (χ4n) is 1.67. The zero-order chi connectivity index (χ0) is 18.0. The highest BCUT2D eigenvalue weighted by molar-refractivity contribution is 5.87. The summed E-state index contributed by atoms with van der Waals surface area (Å²) in [7, 11) is 0. The highest BCUT2D eigenvalue weighted by Gasteiger charge is 2.26. The van der Waals surface area contributed by atoms with Gasteiger partial charge in [0.25, 0.3) is 0 Å². The molecular weight excluding hydrogens is 308 g/mol. The van der Waals surface area contributed by atoms with Crippen LogP contribution in [0.25, 0.3) is 6.08 Å². The SMILES string of the molecule is CCOc1ccc(/C=C/C(=O)OCCOC(=O)C(C)(C)CC)cc1. The molecule has 0 saturated heterocycles. The van der Waals surface area contributed by atoms with Crippen LogP contribution in [0.2, 0.25) is 0 Å². The summed E-state index contributed by atoms with van der Waals surface area (Å²) in [6.45, 7) is 8.20. The van der Waals surface area contributed by atoms with E-state index in [1.807, 2.05) is 52.0 Å². The van der Waals surface area contributed by atoms with Gasteiger partial charge in [0.2, 0.25) is 0 Å². The van der Waals surface area contributed by atoms with Crippen LogP contribution in [0.4, 0.5) is 0 Å². The first kappa shape index (κ1) is 19.7. The van der Waals surface area contributed by atoms with Gasteiger partial charge in [-0.15, -0.1) is 0 Å². The van der Waals surface area contributed by atoms with Crippen LogP contribution >= 0.6 is 0 Å². The Balaban J connectivity index is 2.32. The van der Waals surface area contributed by atoms with Crippen LogP contribution < -0.4 is 4.74 Å². The average Bonchev–Trinajstić information content (AvgIpc) is 2.58. The van der Waals surface area contributed by atoms with Crippen LogP contribution in [0, 0.1) is 5.41 Å². The maximum absolute atomic E-state index is 11.7. The molecule has 0 spiro atoms. The largest absolute Gasteiger partial charge is 0.494 e. The molecule has 0 aliphatic carbocycles. The average molecular weight is 334 g/mol. The lowest BCUT2D eigenvalue weighted by Gasteiger charge is -2.20. The summed E-state index contributed by atoms with van der Waals surface area (Å²) in [5.41, 5.74) is 0.351. The Morgan fingerprint density at radius 3 is 2.25 bits per heavy atom. The van der Waals surface area contributed by atoms with Gasteiger partial charge in [-0.2, -0.15) is 0 Å². The standard InChI is InChI=1S/C19H26O5/c1-5-19(3,4)18(21)24-14-13-23-17(20)12-9-15-7-10-16(11-8-15)22-6-2/h7-12H,5-6,13-14H2,1-4H3/b12-9+. The molecule has 0 bridgehead atoms. The topological polar surface area (TPSA) is 61.8 Å². The minimum atomic E-state index is -0.516. The van der Waals surface area contributed by atoms with Gasteiger partial charge >= 0.3 is 11.9 Å². The fraction of sp³-hybridized carbons (Fsp3) is 0.474. The maximum atomic E-state index is 11.7. The van der Waals surface area contributed by atoms with Crippen LogP contribution in [0.15, 0.2) is 30.3 Å². The van der Waals surface area contributed by atoms with Gasteiger partial charge in [0.1, 0.15) is 19.0 Å². The predicted molar refractivity (Wildman–Crippen MR) is 92.6 cm³/mol. The number of hydrogen-bond acceptors (Lipinski definition) is 5. The van der Waals surface area contributed by atoms with E-state index in [4.69, 9.17) is 14.2 Å². The summed E-state index contributed by atoms with van der Waals surface area (Å²) in [4.78, 5) is 23.3. The van der Waals surface area contributed by atoms with E-state index >= 15 is 0 Å². The van der Waals surface area contributed by atoms with Gasteiger partial charge in [0.05, 0.1) is 12.0 Å². The van der Waals surface area contributed by atoms with Crippen molar-refractivity contribution in [1.82, 2.24) is 0 Å². The first-order valence-electron chi connectivity index (χ1n) is 8.14. The molecule has 24 heavy (non-hydrogen) atoms. The highest BCUT2D eigenvalue weighted by atomic mass is 16.6. The Bertz CT molecular complexity index is 558. The Morgan fingerprint density at radius 2 is 1.67 bits per heavy atom. The van der Waals surface area contributed by atoms with Crippen molar-refractivity contribution in [1.29, 1.82) is 0 Å². The second-order valence-electron chi connectivity index (χ2n) is 5.88. The van der Waals surface area contributed by atoms with E-state index in [1.54, 1.807) is 6.08 Å². The van der Waals surface area contributed by atoms with Crippen molar-refractivity contribution < 1.29 is 23.8 Å². The Labute approximate surface area is 143 Å². The van der Waals surface area contributed by atoms with E-state index in [1.165, 1.54) is 6.08 Å². The molecule has 0 aromatic heterocycles. The minimum absolute atomic E-state index is 0.0397. The molecule has 0 saturated carbocycles. The van der Waals surface area contributed by atoms with Gasteiger partial charge in [-0.05, 0) is 51.0 Å². The Hall–Kier alpha value is -2.30. The second kappa shape index (κ2) is 9.75. The van der Waals surface area contributed by atoms with Gasteiger partial charge in [-0.1, -0.05) is 19.1 Å². The third kappa shape index (κ3) is 6.86. The second-order valence-corrected chi connectivity index (χ2v) is 5.88. The van der Waals surface area contributed by atoms with E-state index in [0.717, 1.165) is 11.3 Å². The molecule has 0 unspecified atom stereocenters. The highest BCUT2D eigenvalue weighted by Crippen LogP contribution is 2.21. The molecule has 0 heterocycles. The van der Waals surface area contributed by atoms with Gasteiger partial charge < -0.3 is 14.2 Å². The predicted octanol–water partition coefficient (Wildman–Crippen LogP) is 3.62. The quantitative estimate of drug-likeness (QED) is 0.392. The minimum Gasteiger partial charge on any atom is -0.494 e. The normalized spacial score (nSPS) is 11.3. The van der Waals surface area contributed by atoms with Crippen molar-refractivity contribution in [2.75, 3.05) is 19.8 Å². The molecule has 0 radical (unpaired) electrons. The molecule has 0 amide bonds. The van der Waals surface area contributed by atoms with Crippen molar-refractivity contribution in [2.45, 2.75) is 34.1 Å². The molecule has 1 aromatic carbocycles. The third-order valence-corrected chi connectivity index (χ3v) is 3.60. The van der Waals surface area contributed by atoms with E-state index in [2.05, 4.69) is 0 Å². The van der Waals surface area contributed by atoms with E-state index in [9.17, 15) is 9.59 Å². The zero-order valence-corrected chi connectivity index (χ0v) is 14.8. The van der Waals surface area contributed by atoms with Gasteiger partial charge in [0.15, 0.2) is 0 Å².